The van der Waals surface area contributed by atoms with Gasteiger partial charge in [0.1, 0.15) is 5.60 Å². The number of aryl methyl sites for hydroxylation is 1. The Morgan fingerprint density at radius 1 is 1.30 bits per heavy atom. The number of rotatable bonds is 4. The zero-order chi connectivity index (χ0) is 15.5. The number of ether oxygens (including phenoxy) is 1. The van der Waals surface area contributed by atoms with Gasteiger partial charge in [-0.1, -0.05) is 0 Å². The third-order valence-electron chi connectivity index (χ3n) is 2.73. The molecule has 0 saturated carbocycles. The minimum absolute atomic E-state index is 0.00588. The molecule has 1 aromatic heterocycles. The van der Waals surface area contributed by atoms with Crippen molar-refractivity contribution in [1.29, 1.82) is 0 Å². The Morgan fingerprint density at radius 3 is 2.35 bits per heavy atom. The molecule has 0 spiro atoms. The number of alkyl carbamates (subject to hydrolysis) is 1. The predicted molar refractivity (Wildman–Crippen MR) is 75.9 cm³/mol. The smallest absolute Gasteiger partial charge is 0.407 e. The van der Waals surface area contributed by atoms with Crippen molar-refractivity contribution >= 4 is 11.9 Å². The summed E-state index contributed by atoms with van der Waals surface area (Å²) in [5.41, 5.74) is 1.68. The van der Waals surface area contributed by atoms with Crippen LogP contribution in [0, 0.1) is 13.8 Å². The summed E-state index contributed by atoms with van der Waals surface area (Å²) in [6.07, 6.45) is -0.453. The van der Waals surface area contributed by atoms with E-state index in [1.165, 1.54) is 6.92 Å². The summed E-state index contributed by atoms with van der Waals surface area (Å²) in [5, 5.41) is 6.97. The molecule has 0 atom stereocenters. The van der Waals surface area contributed by atoms with Gasteiger partial charge in [-0.15, -0.1) is 0 Å². The highest BCUT2D eigenvalue weighted by molar-refractivity contribution is 5.96. The van der Waals surface area contributed by atoms with E-state index in [0.29, 0.717) is 24.3 Å². The van der Waals surface area contributed by atoms with Gasteiger partial charge in [-0.25, -0.2) is 4.79 Å². The second-order valence-corrected chi connectivity index (χ2v) is 5.75. The van der Waals surface area contributed by atoms with Crippen LogP contribution < -0.4 is 5.32 Å². The molecule has 6 heteroatoms. The highest BCUT2D eigenvalue weighted by Crippen LogP contribution is 2.13. The lowest BCUT2D eigenvalue weighted by Gasteiger charge is -2.19. The summed E-state index contributed by atoms with van der Waals surface area (Å²) < 4.78 is 6.86. The molecule has 6 nitrogen and oxygen atoms in total. The second-order valence-electron chi connectivity index (χ2n) is 5.75. The Labute approximate surface area is 119 Å². The number of hydrogen-bond acceptors (Lipinski definition) is 4. The van der Waals surface area contributed by atoms with E-state index in [-0.39, 0.29) is 5.78 Å². The molecule has 0 aliphatic heterocycles. The monoisotopic (exact) mass is 281 g/mol. The second kappa shape index (κ2) is 6.07. The molecule has 0 radical (unpaired) electrons. The number of carbonyl (C=O) groups is 2. The summed E-state index contributed by atoms with van der Waals surface area (Å²) in [4.78, 5) is 23.0. The van der Waals surface area contributed by atoms with Crippen molar-refractivity contribution in [3.63, 3.8) is 0 Å². The van der Waals surface area contributed by atoms with Crippen LogP contribution in [0.25, 0.3) is 0 Å². The Morgan fingerprint density at radius 2 is 1.90 bits per heavy atom. The molecule has 0 aliphatic carbocycles. The summed E-state index contributed by atoms with van der Waals surface area (Å²) >= 11 is 0. The molecule has 1 rings (SSSR count). The molecule has 1 amide bonds. The van der Waals surface area contributed by atoms with E-state index in [1.54, 1.807) is 4.68 Å². The summed E-state index contributed by atoms with van der Waals surface area (Å²) in [7, 11) is 0. The van der Waals surface area contributed by atoms with Gasteiger partial charge in [-0.3, -0.25) is 9.48 Å². The maximum absolute atomic E-state index is 11.5. The van der Waals surface area contributed by atoms with E-state index < -0.39 is 11.7 Å². The van der Waals surface area contributed by atoms with Gasteiger partial charge in [0.15, 0.2) is 5.78 Å². The normalized spacial score (nSPS) is 11.3. The van der Waals surface area contributed by atoms with Crippen LogP contribution in [0.3, 0.4) is 0 Å². The number of nitrogens with zero attached hydrogens (tertiary/aromatic N) is 2. The van der Waals surface area contributed by atoms with Crippen LogP contribution in [0.5, 0.6) is 0 Å². The number of hydrogen-bond donors (Lipinski definition) is 1. The zero-order valence-electron chi connectivity index (χ0n) is 13.0. The molecule has 0 fully saturated rings. The SMILES string of the molecule is CC(=O)c1c(C)nn(CCNC(=O)OC(C)(C)C)c1C. The number of Topliss-reactive ketones (excluding diaryl/α,β-unsaturated/α-hetero) is 1. The van der Waals surface area contributed by atoms with E-state index in [2.05, 4.69) is 10.4 Å². The minimum atomic E-state index is -0.510. The fraction of sp³-hybridized carbons (Fsp3) is 0.643. The Hall–Kier alpha value is -1.85. The number of nitrogens with one attached hydrogen (secondary N) is 1. The standard InChI is InChI=1S/C14H23N3O3/c1-9-12(11(3)18)10(2)17(16-9)8-7-15-13(19)20-14(4,5)6/h7-8H2,1-6H3,(H,15,19). The first-order valence-corrected chi connectivity index (χ1v) is 6.63. The molecule has 1 N–H and O–H groups in total. The van der Waals surface area contributed by atoms with E-state index in [9.17, 15) is 9.59 Å². The van der Waals surface area contributed by atoms with E-state index in [4.69, 9.17) is 4.74 Å². The van der Waals surface area contributed by atoms with Gasteiger partial charge in [0, 0.05) is 12.2 Å². The topological polar surface area (TPSA) is 73.2 Å². The number of aromatic nitrogens is 2. The van der Waals surface area contributed by atoms with Crippen molar-refractivity contribution in [2.45, 2.75) is 53.7 Å². The minimum Gasteiger partial charge on any atom is -0.444 e. The Balaban J connectivity index is 2.57. The maximum atomic E-state index is 11.5. The van der Waals surface area contributed by atoms with Gasteiger partial charge >= 0.3 is 6.09 Å². The Bertz CT molecular complexity index is 512. The van der Waals surface area contributed by atoms with Crippen molar-refractivity contribution in [3.8, 4) is 0 Å². The zero-order valence-corrected chi connectivity index (χ0v) is 13.0. The Kier molecular flexibility index (Phi) is 4.92. The third-order valence-corrected chi connectivity index (χ3v) is 2.73. The lowest BCUT2D eigenvalue weighted by atomic mass is 10.1. The first-order chi connectivity index (χ1) is 9.11. The maximum Gasteiger partial charge on any atom is 0.407 e. The molecule has 0 aliphatic rings. The van der Waals surface area contributed by atoms with Crippen LogP contribution in [-0.4, -0.2) is 33.8 Å². The van der Waals surface area contributed by atoms with Crippen molar-refractivity contribution < 1.29 is 14.3 Å². The fourth-order valence-corrected chi connectivity index (χ4v) is 2.00. The van der Waals surface area contributed by atoms with Crippen molar-refractivity contribution in [3.05, 3.63) is 17.0 Å². The summed E-state index contributed by atoms with van der Waals surface area (Å²) in [6, 6.07) is 0. The van der Waals surface area contributed by atoms with Crippen LogP contribution in [0.4, 0.5) is 4.79 Å². The largest absolute Gasteiger partial charge is 0.444 e. The lowest BCUT2D eigenvalue weighted by Crippen LogP contribution is -2.34. The lowest BCUT2D eigenvalue weighted by molar-refractivity contribution is 0.0525. The molecule has 20 heavy (non-hydrogen) atoms. The average molecular weight is 281 g/mol. The number of carbonyl (C=O) groups excluding carboxylic acids is 2. The molecular formula is C14H23N3O3. The predicted octanol–water partition coefficient (Wildman–Crippen LogP) is 2.23. The van der Waals surface area contributed by atoms with Crippen molar-refractivity contribution in [2.24, 2.45) is 0 Å². The first kappa shape index (κ1) is 16.2. The average Bonchev–Trinajstić information content (AvgIpc) is 2.51. The molecule has 1 heterocycles. The first-order valence-electron chi connectivity index (χ1n) is 6.63. The van der Waals surface area contributed by atoms with Gasteiger partial charge in [0.25, 0.3) is 0 Å². The van der Waals surface area contributed by atoms with E-state index in [0.717, 1.165) is 5.69 Å². The van der Waals surface area contributed by atoms with Crippen LogP contribution in [-0.2, 0) is 11.3 Å². The van der Waals surface area contributed by atoms with Crippen molar-refractivity contribution in [2.75, 3.05) is 6.54 Å². The van der Waals surface area contributed by atoms with Crippen LogP contribution >= 0.6 is 0 Å². The fourth-order valence-electron chi connectivity index (χ4n) is 2.00. The summed E-state index contributed by atoms with van der Waals surface area (Å²) in [6.45, 7) is 11.5. The van der Waals surface area contributed by atoms with E-state index in [1.807, 2.05) is 34.6 Å². The van der Waals surface area contributed by atoms with Crippen LogP contribution in [0.15, 0.2) is 0 Å². The van der Waals surface area contributed by atoms with Gasteiger partial charge in [-0.05, 0) is 41.5 Å². The van der Waals surface area contributed by atoms with Gasteiger partial charge in [-0.2, -0.15) is 5.10 Å². The summed E-state index contributed by atoms with van der Waals surface area (Å²) in [5.74, 6) is 0.00588. The third kappa shape index (κ3) is 4.36. The molecule has 0 aromatic carbocycles. The molecule has 0 saturated heterocycles. The van der Waals surface area contributed by atoms with Gasteiger partial charge in [0.05, 0.1) is 17.8 Å². The molecule has 112 valence electrons. The quantitative estimate of drug-likeness (QED) is 0.859. The highest BCUT2D eigenvalue weighted by Gasteiger charge is 2.17. The number of ketones is 1. The van der Waals surface area contributed by atoms with Gasteiger partial charge < -0.3 is 10.1 Å². The highest BCUT2D eigenvalue weighted by atomic mass is 16.6. The molecular weight excluding hydrogens is 258 g/mol. The van der Waals surface area contributed by atoms with Crippen molar-refractivity contribution in [1.82, 2.24) is 15.1 Å². The molecule has 1 aromatic rings. The molecule has 0 unspecified atom stereocenters. The van der Waals surface area contributed by atoms with Crippen LogP contribution in [0.1, 0.15) is 49.4 Å². The van der Waals surface area contributed by atoms with Gasteiger partial charge in [0.2, 0.25) is 0 Å². The van der Waals surface area contributed by atoms with Crippen LogP contribution in [0.2, 0.25) is 0 Å². The molecule has 0 bridgehead atoms. The number of amides is 1. The van der Waals surface area contributed by atoms with E-state index >= 15 is 0 Å².